The topological polar surface area (TPSA) is 99.2 Å². The lowest BCUT2D eigenvalue weighted by Crippen LogP contribution is -2.43. The maximum absolute atomic E-state index is 13.5. The zero-order valence-electron chi connectivity index (χ0n) is 15.6. The van der Waals surface area contributed by atoms with Crippen LogP contribution < -0.4 is 5.32 Å². The molecule has 30 heavy (non-hydrogen) atoms. The Balaban J connectivity index is 1.35. The van der Waals surface area contributed by atoms with E-state index in [2.05, 4.69) is 10.3 Å². The molecule has 154 valence electrons. The van der Waals surface area contributed by atoms with Gasteiger partial charge in [0.15, 0.2) is 0 Å². The highest BCUT2D eigenvalue weighted by atomic mass is 32.1. The number of thiazole rings is 1. The molecule has 1 saturated heterocycles. The van der Waals surface area contributed by atoms with E-state index in [1.54, 1.807) is 17.7 Å². The number of amides is 2. The zero-order chi connectivity index (χ0) is 21.3. The Morgan fingerprint density at radius 3 is 3.03 bits per heavy atom. The van der Waals surface area contributed by atoms with E-state index in [1.807, 2.05) is 24.3 Å². The van der Waals surface area contributed by atoms with Crippen LogP contribution in [0.25, 0.3) is 11.0 Å². The van der Waals surface area contributed by atoms with Gasteiger partial charge in [0.2, 0.25) is 5.91 Å². The van der Waals surface area contributed by atoms with Crippen molar-refractivity contribution in [3.63, 3.8) is 0 Å². The number of likely N-dealkylation sites (tertiary alicyclic amines) is 1. The first-order chi connectivity index (χ1) is 14.3. The molecule has 3 aromatic rings. The van der Waals surface area contributed by atoms with Gasteiger partial charge >= 0.3 is 0 Å². The largest absolute Gasteiger partial charge is 0.464 e. The Morgan fingerprint density at radius 1 is 1.40 bits per heavy atom. The summed E-state index contributed by atoms with van der Waals surface area (Å²) in [6, 6.07) is 8.15. The summed E-state index contributed by atoms with van der Waals surface area (Å²) in [5.41, 5.74) is 1.95. The van der Waals surface area contributed by atoms with Crippen molar-refractivity contribution in [3.8, 4) is 6.07 Å². The number of alkyl halides is 2. The highest BCUT2D eigenvalue weighted by Crippen LogP contribution is 2.31. The van der Waals surface area contributed by atoms with Gasteiger partial charge in [0.25, 0.3) is 11.8 Å². The predicted octanol–water partition coefficient (Wildman–Crippen LogP) is 2.97. The minimum absolute atomic E-state index is 0.149. The van der Waals surface area contributed by atoms with Gasteiger partial charge in [-0.3, -0.25) is 9.59 Å². The molecule has 1 atom stereocenters. The molecule has 2 aromatic heterocycles. The Kier molecular flexibility index (Phi) is 5.22. The number of aromatic nitrogens is 1. The van der Waals surface area contributed by atoms with Gasteiger partial charge in [-0.15, -0.1) is 11.3 Å². The fourth-order valence-electron chi connectivity index (χ4n) is 3.34. The second-order valence-electron chi connectivity index (χ2n) is 7.01. The highest BCUT2D eigenvalue weighted by Gasteiger charge is 2.47. The van der Waals surface area contributed by atoms with Crippen molar-refractivity contribution in [3.05, 3.63) is 52.2 Å². The fourth-order valence-corrected chi connectivity index (χ4v) is 4.15. The van der Waals surface area contributed by atoms with Crippen LogP contribution in [0.1, 0.15) is 27.5 Å². The lowest BCUT2D eigenvalue weighted by Gasteiger charge is -2.19. The molecule has 3 heterocycles. The van der Waals surface area contributed by atoms with Crippen LogP contribution in [-0.2, 0) is 11.2 Å². The van der Waals surface area contributed by atoms with Crippen molar-refractivity contribution in [1.82, 2.24) is 15.2 Å². The second kappa shape index (κ2) is 7.84. The van der Waals surface area contributed by atoms with E-state index in [4.69, 9.17) is 9.68 Å². The van der Waals surface area contributed by atoms with E-state index < -0.39 is 43.3 Å². The Hall–Kier alpha value is -3.32. The number of benzene rings is 1. The van der Waals surface area contributed by atoms with Gasteiger partial charge in [0, 0.05) is 23.6 Å². The number of carbonyl (C=O) groups is 2. The minimum Gasteiger partial charge on any atom is -0.464 e. The molecule has 1 aliphatic rings. The summed E-state index contributed by atoms with van der Waals surface area (Å²) < 4.78 is 32.2. The number of halogens is 2. The molecule has 0 radical (unpaired) electrons. The molecule has 10 heteroatoms. The molecule has 0 aliphatic carbocycles. The minimum atomic E-state index is -3.09. The maximum Gasteiger partial charge on any atom is 0.271 e. The molecule has 1 N–H and O–H groups in total. The van der Waals surface area contributed by atoms with Crippen LogP contribution in [0.4, 0.5) is 8.78 Å². The molecule has 0 saturated carbocycles. The van der Waals surface area contributed by atoms with Crippen molar-refractivity contribution >= 4 is 34.1 Å². The van der Waals surface area contributed by atoms with Gasteiger partial charge in [0.1, 0.15) is 17.3 Å². The van der Waals surface area contributed by atoms with E-state index >= 15 is 0 Å². The predicted molar refractivity (Wildman–Crippen MR) is 104 cm³/mol. The summed E-state index contributed by atoms with van der Waals surface area (Å²) in [7, 11) is 0. The van der Waals surface area contributed by atoms with E-state index in [0.29, 0.717) is 6.42 Å². The fraction of sp³-hybridized carbons (Fsp3) is 0.300. The third-order valence-electron chi connectivity index (χ3n) is 4.80. The monoisotopic (exact) mass is 430 g/mol. The molecule has 0 spiro atoms. The van der Waals surface area contributed by atoms with E-state index in [-0.39, 0.29) is 5.69 Å². The second-order valence-corrected chi connectivity index (χ2v) is 7.95. The van der Waals surface area contributed by atoms with Crippen molar-refractivity contribution < 1.29 is 22.8 Å². The summed E-state index contributed by atoms with van der Waals surface area (Å²) in [6.45, 7) is -1.29. The summed E-state index contributed by atoms with van der Waals surface area (Å²) in [6.07, 6.45) is 1.46. The lowest BCUT2D eigenvalue weighted by atomic mass is 10.1. The summed E-state index contributed by atoms with van der Waals surface area (Å²) in [5, 5.41) is 14.6. The number of nitrogens with zero attached hydrogens (tertiary/aromatic N) is 3. The first-order valence-electron chi connectivity index (χ1n) is 9.10. The third kappa shape index (κ3) is 4.16. The van der Waals surface area contributed by atoms with Gasteiger partial charge < -0.3 is 14.6 Å². The van der Waals surface area contributed by atoms with Gasteiger partial charge in [-0.1, -0.05) is 6.07 Å². The number of fused-ring (bicyclic) bond motifs is 1. The van der Waals surface area contributed by atoms with Crippen molar-refractivity contribution in [2.24, 2.45) is 0 Å². The van der Waals surface area contributed by atoms with Gasteiger partial charge in [-0.2, -0.15) is 5.26 Å². The van der Waals surface area contributed by atoms with Crippen LogP contribution in [0.2, 0.25) is 0 Å². The number of rotatable bonds is 5. The smallest absolute Gasteiger partial charge is 0.271 e. The standard InChI is InChI=1S/C20H16F2N4O3S/c21-20(22)7-14(8-23)26(11-20)18(27)9-24-19(28)15-10-30-17(25-15)6-12-1-2-16-13(5-12)3-4-29-16/h1-5,10,14H,6-7,9,11H2,(H,24,28)/t14-/m0/s1. The Morgan fingerprint density at radius 2 is 2.23 bits per heavy atom. The molecule has 2 amide bonds. The summed E-state index contributed by atoms with van der Waals surface area (Å²) >= 11 is 1.31. The molecule has 4 rings (SSSR count). The number of hydrogen-bond acceptors (Lipinski definition) is 6. The van der Waals surface area contributed by atoms with Gasteiger partial charge in [-0.25, -0.2) is 13.8 Å². The molecule has 0 unspecified atom stereocenters. The zero-order valence-corrected chi connectivity index (χ0v) is 16.4. The number of carbonyl (C=O) groups excluding carboxylic acids is 2. The van der Waals surface area contributed by atoms with Crippen LogP contribution >= 0.6 is 11.3 Å². The average molecular weight is 430 g/mol. The molecular formula is C20H16F2N4O3S. The number of nitriles is 1. The van der Waals surface area contributed by atoms with Crippen molar-refractivity contribution in [2.45, 2.75) is 24.8 Å². The first kappa shape index (κ1) is 20.0. The number of hydrogen-bond donors (Lipinski definition) is 1. The third-order valence-corrected chi connectivity index (χ3v) is 5.64. The van der Waals surface area contributed by atoms with Crippen molar-refractivity contribution in [2.75, 3.05) is 13.1 Å². The normalized spacial score (nSPS) is 17.8. The Labute approximate surface area is 173 Å². The molecular weight excluding hydrogens is 414 g/mol. The van der Waals surface area contributed by atoms with E-state index in [0.717, 1.165) is 26.4 Å². The Bertz CT molecular complexity index is 1150. The summed E-state index contributed by atoms with van der Waals surface area (Å²) in [5.74, 6) is -4.39. The van der Waals surface area contributed by atoms with E-state index in [9.17, 15) is 18.4 Å². The molecule has 1 aliphatic heterocycles. The maximum atomic E-state index is 13.5. The SMILES string of the molecule is N#C[C@@H]1CC(F)(F)CN1C(=O)CNC(=O)c1csc(Cc2ccc3occc3c2)n1. The van der Waals surface area contributed by atoms with Crippen LogP contribution in [0.15, 0.2) is 40.3 Å². The van der Waals surface area contributed by atoms with Crippen LogP contribution in [0.5, 0.6) is 0 Å². The van der Waals surface area contributed by atoms with Crippen LogP contribution in [0, 0.1) is 11.3 Å². The first-order valence-corrected chi connectivity index (χ1v) is 9.98. The quantitative estimate of drug-likeness (QED) is 0.671. The number of furan rings is 1. The van der Waals surface area contributed by atoms with E-state index in [1.165, 1.54) is 11.3 Å². The highest BCUT2D eigenvalue weighted by molar-refractivity contribution is 7.09. The van der Waals surface area contributed by atoms with Gasteiger partial charge in [0.05, 0.1) is 30.4 Å². The van der Waals surface area contributed by atoms with Crippen LogP contribution in [0.3, 0.4) is 0 Å². The molecule has 7 nitrogen and oxygen atoms in total. The average Bonchev–Trinajstić information content (AvgIpc) is 3.43. The summed E-state index contributed by atoms with van der Waals surface area (Å²) in [4.78, 5) is 29.5. The molecule has 0 bridgehead atoms. The molecule has 1 aromatic carbocycles. The van der Waals surface area contributed by atoms with Crippen molar-refractivity contribution in [1.29, 1.82) is 5.26 Å². The van der Waals surface area contributed by atoms with Crippen LogP contribution in [-0.4, -0.2) is 46.8 Å². The lowest BCUT2D eigenvalue weighted by molar-refractivity contribution is -0.131. The number of nitrogens with one attached hydrogen (secondary N) is 1. The molecule has 1 fully saturated rings. The van der Waals surface area contributed by atoms with Gasteiger partial charge in [-0.05, 0) is 23.8 Å².